The van der Waals surface area contributed by atoms with Gasteiger partial charge in [0.1, 0.15) is 11.3 Å². The lowest BCUT2D eigenvalue weighted by molar-refractivity contribution is 0.465. The van der Waals surface area contributed by atoms with E-state index in [1.165, 1.54) is 36.9 Å². The first-order valence-electron chi connectivity index (χ1n) is 17.4. The Morgan fingerprint density at radius 3 is 1.67 bits per heavy atom. The molecule has 7 aromatic carbocycles. The topological polar surface area (TPSA) is 19.6 Å². The van der Waals surface area contributed by atoms with Crippen LogP contribution in [0.2, 0.25) is 0 Å². The van der Waals surface area contributed by atoms with Gasteiger partial charge in [0.05, 0.1) is 0 Å². The maximum atomic E-state index is 6.78. The van der Waals surface area contributed by atoms with Crippen molar-refractivity contribution in [2.24, 2.45) is 0 Å². The molecular weight excluding hydrogens is 641 g/mol. The molecule has 0 atom stereocenters. The minimum atomic E-state index is -0.315. The minimum absolute atomic E-state index is 0.315. The maximum Gasteiger partial charge on any atom is 0.135 e. The summed E-state index contributed by atoms with van der Waals surface area (Å²) in [7, 11) is 0. The summed E-state index contributed by atoms with van der Waals surface area (Å²) in [5, 5.41) is 3.74. The molecular formula is C47H34N2OS. The van der Waals surface area contributed by atoms with E-state index < -0.39 is 0 Å². The quantitative estimate of drug-likeness (QED) is 0.175. The van der Waals surface area contributed by atoms with E-state index >= 15 is 0 Å². The van der Waals surface area contributed by atoms with Crippen LogP contribution in [0, 0.1) is 0 Å². The van der Waals surface area contributed by atoms with E-state index in [9.17, 15) is 0 Å². The van der Waals surface area contributed by atoms with Gasteiger partial charge in [-0.2, -0.15) is 0 Å². The highest BCUT2D eigenvalue weighted by Crippen LogP contribution is 2.55. The highest BCUT2D eigenvalue weighted by molar-refractivity contribution is 7.25. The van der Waals surface area contributed by atoms with Gasteiger partial charge in [-0.15, -0.1) is 11.3 Å². The fourth-order valence-corrected chi connectivity index (χ4v) is 9.08. The third kappa shape index (κ3) is 4.71. The van der Waals surface area contributed by atoms with Crippen LogP contribution in [0.15, 0.2) is 174 Å². The highest BCUT2D eigenvalue weighted by atomic mass is 32.1. The van der Waals surface area contributed by atoms with Gasteiger partial charge in [-0.25, -0.2) is 0 Å². The van der Waals surface area contributed by atoms with Crippen molar-refractivity contribution in [3.05, 3.63) is 181 Å². The number of nitrogens with zero attached hydrogens (tertiary/aromatic N) is 2. The lowest BCUT2D eigenvalue weighted by Crippen LogP contribution is -2.16. The molecule has 0 fully saturated rings. The van der Waals surface area contributed by atoms with Gasteiger partial charge in [-0.3, -0.25) is 0 Å². The normalized spacial score (nSPS) is 13.1. The van der Waals surface area contributed by atoms with Gasteiger partial charge in [0, 0.05) is 70.7 Å². The molecule has 51 heavy (non-hydrogen) atoms. The Labute approximate surface area is 301 Å². The molecule has 1 aliphatic rings. The number of fused-ring (bicyclic) bond motifs is 8. The molecule has 0 saturated heterocycles. The number of benzene rings is 7. The standard InChI is InChI=1S/C47H34N2OS/c1-47(2)41-29-35(48(31-14-6-3-7-15-31)32-16-8-4-9-17-32)23-26-39(41)45-40-28-34(24-27-42(40)50-46(45)47)49(33-18-10-5-11-19-33)36-22-25-38-37-20-12-13-21-43(37)51-44(38)30-36/h3-30H,1-2H3. The van der Waals surface area contributed by atoms with Crippen LogP contribution in [-0.4, -0.2) is 0 Å². The van der Waals surface area contributed by atoms with Gasteiger partial charge in [0.2, 0.25) is 0 Å². The Morgan fingerprint density at radius 2 is 0.980 bits per heavy atom. The lowest BCUT2D eigenvalue weighted by atomic mass is 9.85. The summed E-state index contributed by atoms with van der Waals surface area (Å²) in [6.07, 6.45) is 0. The second kappa shape index (κ2) is 11.5. The molecule has 0 amide bonds. The Kier molecular flexibility index (Phi) is 6.70. The van der Waals surface area contributed by atoms with E-state index in [1.807, 2.05) is 11.3 Å². The van der Waals surface area contributed by atoms with E-state index in [0.717, 1.165) is 50.9 Å². The molecule has 0 aliphatic heterocycles. The molecule has 2 aromatic heterocycles. The molecule has 2 heterocycles. The Balaban J connectivity index is 1.12. The minimum Gasteiger partial charge on any atom is -0.459 e. The van der Waals surface area contributed by atoms with Crippen molar-refractivity contribution in [1.29, 1.82) is 0 Å². The zero-order chi connectivity index (χ0) is 34.1. The molecule has 3 nitrogen and oxygen atoms in total. The van der Waals surface area contributed by atoms with Crippen molar-refractivity contribution in [3.8, 4) is 11.1 Å². The van der Waals surface area contributed by atoms with Gasteiger partial charge >= 0.3 is 0 Å². The molecule has 4 heteroatoms. The van der Waals surface area contributed by atoms with Gasteiger partial charge in [-0.1, -0.05) is 84.9 Å². The van der Waals surface area contributed by atoms with E-state index in [4.69, 9.17) is 4.42 Å². The summed E-state index contributed by atoms with van der Waals surface area (Å²) in [5.41, 5.74) is 11.0. The van der Waals surface area contributed by atoms with Crippen LogP contribution in [0.3, 0.4) is 0 Å². The predicted molar refractivity (Wildman–Crippen MR) is 216 cm³/mol. The van der Waals surface area contributed by atoms with E-state index in [2.05, 4.69) is 194 Å². The highest BCUT2D eigenvalue weighted by Gasteiger charge is 2.41. The Hall–Kier alpha value is -6.10. The number of para-hydroxylation sites is 3. The Bertz CT molecular complexity index is 2690. The van der Waals surface area contributed by atoms with Crippen molar-refractivity contribution in [3.63, 3.8) is 0 Å². The summed E-state index contributed by atoms with van der Waals surface area (Å²) in [6, 6.07) is 61.0. The van der Waals surface area contributed by atoms with Crippen LogP contribution in [-0.2, 0) is 5.41 Å². The van der Waals surface area contributed by atoms with Crippen LogP contribution in [0.5, 0.6) is 0 Å². The fraction of sp³-hybridized carbons (Fsp3) is 0.0638. The van der Waals surface area contributed by atoms with E-state index in [-0.39, 0.29) is 5.41 Å². The lowest BCUT2D eigenvalue weighted by Gasteiger charge is -2.27. The van der Waals surface area contributed by atoms with Crippen LogP contribution in [0.4, 0.5) is 34.1 Å². The first-order valence-corrected chi connectivity index (χ1v) is 18.2. The molecule has 0 saturated carbocycles. The zero-order valence-corrected chi connectivity index (χ0v) is 29.2. The monoisotopic (exact) mass is 674 g/mol. The van der Waals surface area contributed by atoms with Crippen LogP contribution in [0.25, 0.3) is 42.3 Å². The zero-order valence-electron chi connectivity index (χ0n) is 28.4. The number of hydrogen-bond acceptors (Lipinski definition) is 4. The molecule has 0 unspecified atom stereocenters. The first kappa shape index (κ1) is 29.8. The second-order valence-corrected chi connectivity index (χ2v) is 14.9. The molecule has 0 N–H and O–H groups in total. The number of hydrogen-bond donors (Lipinski definition) is 0. The average molecular weight is 675 g/mol. The number of furan rings is 1. The second-order valence-electron chi connectivity index (χ2n) is 13.8. The molecule has 1 aliphatic carbocycles. The summed E-state index contributed by atoms with van der Waals surface area (Å²) in [6.45, 7) is 4.58. The van der Waals surface area contributed by atoms with E-state index in [1.54, 1.807) is 0 Å². The summed E-state index contributed by atoms with van der Waals surface area (Å²) < 4.78 is 9.38. The number of thiophene rings is 1. The molecule has 0 radical (unpaired) electrons. The largest absolute Gasteiger partial charge is 0.459 e. The van der Waals surface area contributed by atoms with Gasteiger partial charge in [-0.05, 0) is 110 Å². The SMILES string of the molecule is CC1(C)c2cc(N(c3ccccc3)c3ccccc3)ccc2-c2c1oc1ccc(N(c3ccccc3)c3ccc4c(c3)sc3ccccc34)cc21. The Morgan fingerprint density at radius 1 is 0.451 bits per heavy atom. The van der Waals surface area contributed by atoms with Crippen LogP contribution >= 0.6 is 11.3 Å². The maximum absolute atomic E-state index is 6.78. The smallest absolute Gasteiger partial charge is 0.135 e. The molecule has 10 rings (SSSR count). The van der Waals surface area contributed by atoms with Crippen molar-refractivity contribution < 1.29 is 4.42 Å². The van der Waals surface area contributed by atoms with Crippen LogP contribution in [0.1, 0.15) is 25.2 Å². The predicted octanol–water partition coefficient (Wildman–Crippen LogP) is 14.0. The van der Waals surface area contributed by atoms with Crippen molar-refractivity contribution in [2.45, 2.75) is 19.3 Å². The molecule has 9 aromatic rings. The van der Waals surface area contributed by atoms with Crippen molar-refractivity contribution in [1.82, 2.24) is 0 Å². The molecule has 244 valence electrons. The summed E-state index contributed by atoms with van der Waals surface area (Å²) in [4.78, 5) is 4.70. The average Bonchev–Trinajstić information content (AvgIpc) is 3.81. The molecule has 0 bridgehead atoms. The molecule has 0 spiro atoms. The van der Waals surface area contributed by atoms with Crippen molar-refractivity contribution >= 4 is 76.6 Å². The van der Waals surface area contributed by atoms with Gasteiger partial charge < -0.3 is 14.2 Å². The summed E-state index contributed by atoms with van der Waals surface area (Å²) >= 11 is 1.85. The van der Waals surface area contributed by atoms with Crippen LogP contribution < -0.4 is 9.80 Å². The third-order valence-corrected chi connectivity index (χ3v) is 11.5. The third-order valence-electron chi connectivity index (χ3n) is 10.4. The van der Waals surface area contributed by atoms with Crippen molar-refractivity contribution in [2.75, 3.05) is 9.80 Å². The van der Waals surface area contributed by atoms with Gasteiger partial charge in [0.15, 0.2) is 0 Å². The number of rotatable bonds is 6. The first-order chi connectivity index (χ1) is 25.0. The number of anilines is 6. The van der Waals surface area contributed by atoms with Gasteiger partial charge in [0.25, 0.3) is 0 Å². The van der Waals surface area contributed by atoms with E-state index in [0.29, 0.717) is 0 Å². The summed E-state index contributed by atoms with van der Waals surface area (Å²) in [5.74, 6) is 1.02. The fourth-order valence-electron chi connectivity index (χ4n) is 7.94.